The molecule has 0 spiro atoms. The molecule has 5 nitrogen and oxygen atoms in total. The van der Waals surface area contributed by atoms with E-state index in [0.717, 1.165) is 17.1 Å². The van der Waals surface area contributed by atoms with Crippen LogP contribution in [-0.2, 0) is 0 Å². The summed E-state index contributed by atoms with van der Waals surface area (Å²) in [7, 11) is 0. The van der Waals surface area contributed by atoms with Crippen molar-refractivity contribution in [2.75, 3.05) is 11.5 Å². The summed E-state index contributed by atoms with van der Waals surface area (Å²) in [6.07, 6.45) is 1.84. The molecular weight excluding hydrogens is 464 g/mol. The largest absolute Gasteiger partial charge is 0.494 e. The number of aromatic nitrogens is 2. The second-order valence-corrected chi connectivity index (χ2v) is 9.82. The second-order valence-electron chi connectivity index (χ2n) is 9.43. The number of nitrogens with zero attached hydrogens (tertiary/aromatic N) is 3. The lowest BCUT2D eigenvalue weighted by Crippen LogP contribution is -2.29. The lowest BCUT2D eigenvalue weighted by molar-refractivity contribution is 0.340. The maximum absolute atomic E-state index is 5.92. The quantitative estimate of drug-likeness (QED) is 0.302. The Morgan fingerprint density at radius 3 is 2.28 bits per heavy atom. The van der Waals surface area contributed by atoms with Crippen molar-refractivity contribution in [3.05, 3.63) is 107 Å². The van der Waals surface area contributed by atoms with Crippen molar-refractivity contribution in [1.82, 2.24) is 14.9 Å². The first-order valence-electron chi connectivity index (χ1n) is 12.4. The van der Waals surface area contributed by atoms with E-state index in [9.17, 15) is 0 Å². The Labute approximate surface area is 218 Å². The molecule has 184 valence electrons. The van der Waals surface area contributed by atoms with E-state index in [-0.39, 0.29) is 12.1 Å². The molecular formula is C30H32N4OS. The number of ether oxygens (including phenoxy) is 1. The molecule has 0 amide bonds. The predicted molar refractivity (Wildman–Crippen MR) is 150 cm³/mol. The Hall–Kier alpha value is -3.64. The molecule has 1 saturated heterocycles. The third-order valence-corrected chi connectivity index (χ3v) is 7.09. The van der Waals surface area contributed by atoms with Crippen molar-refractivity contribution in [2.45, 2.75) is 46.7 Å². The van der Waals surface area contributed by atoms with Gasteiger partial charge in [0.25, 0.3) is 0 Å². The fourth-order valence-corrected chi connectivity index (χ4v) is 5.73. The Balaban J connectivity index is 1.65. The molecule has 3 heterocycles. The van der Waals surface area contributed by atoms with Gasteiger partial charge in [0.1, 0.15) is 5.75 Å². The maximum atomic E-state index is 5.92. The minimum absolute atomic E-state index is 0.0591. The molecule has 2 aromatic heterocycles. The van der Waals surface area contributed by atoms with E-state index in [4.69, 9.17) is 21.9 Å². The van der Waals surface area contributed by atoms with Crippen LogP contribution in [0.15, 0.2) is 72.9 Å². The molecule has 1 fully saturated rings. The van der Waals surface area contributed by atoms with Gasteiger partial charge in [0, 0.05) is 29.0 Å². The van der Waals surface area contributed by atoms with Crippen molar-refractivity contribution < 1.29 is 4.74 Å². The van der Waals surface area contributed by atoms with Crippen LogP contribution in [-0.4, -0.2) is 21.3 Å². The standard InChI is InChI=1S/C30H32N4OS/c1-6-35-25-12-10-23(11-13-25)34-29(28(32-30(34)36)27-9-7-8-14-31-27)26-18-21(4)33(22(26)5)24-16-19(2)15-20(3)17-24/h7-18,28-29H,6H2,1-5H3,(H,32,36)/t28-,29-/m1/s1. The van der Waals surface area contributed by atoms with E-state index in [1.807, 2.05) is 37.4 Å². The van der Waals surface area contributed by atoms with E-state index in [2.05, 4.69) is 84.9 Å². The topological polar surface area (TPSA) is 42.3 Å². The minimum atomic E-state index is -0.0848. The summed E-state index contributed by atoms with van der Waals surface area (Å²) < 4.78 is 8.03. The number of thiocarbonyl (C=S) groups is 1. The van der Waals surface area contributed by atoms with Gasteiger partial charge in [-0.15, -0.1) is 0 Å². The van der Waals surface area contributed by atoms with Crippen LogP contribution in [0.4, 0.5) is 5.69 Å². The molecule has 0 aliphatic carbocycles. The smallest absolute Gasteiger partial charge is 0.174 e. The SMILES string of the molecule is CCOc1ccc(N2C(=S)N[C@H](c3ccccn3)[C@H]2c2cc(C)n(-c3cc(C)cc(C)c3)c2C)cc1. The fraction of sp³-hybridized carbons (Fsp3) is 0.267. The molecule has 4 aromatic rings. The van der Waals surface area contributed by atoms with E-state index in [0.29, 0.717) is 11.7 Å². The van der Waals surface area contributed by atoms with Crippen molar-refractivity contribution in [3.63, 3.8) is 0 Å². The summed E-state index contributed by atoms with van der Waals surface area (Å²) in [4.78, 5) is 6.92. The van der Waals surface area contributed by atoms with Crippen molar-refractivity contribution in [1.29, 1.82) is 0 Å². The molecule has 6 heteroatoms. The van der Waals surface area contributed by atoms with Gasteiger partial charge in [-0.3, -0.25) is 4.98 Å². The van der Waals surface area contributed by atoms with E-state index in [1.165, 1.54) is 33.8 Å². The average molecular weight is 497 g/mol. The number of nitrogens with one attached hydrogen (secondary N) is 1. The van der Waals surface area contributed by atoms with Crippen molar-refractivity contribution in [2.24, 2.45) is 0 Å². The normalized spacial score (nSPS) is 17.4. The first-order chi connectivity index (χ1) is 17.4. The molecule has 1 aliphatic heterocycles. The second kappa shape index (κ2) is 9.78. The summed E-state index contributed by atoms with van der Waals surface area (Å²) in [6.45, 7) is 11.3. The summed E-state index contributed by atoms with van der Waals surface area (Å²) >= 11 is 5.92. The van der Waals surface area contributed by atoms with Crippen LogP contribution in [0.5, 0.6) is 5.75 Å². The van der Waals surface area contributed by atoms with Gasteiger partial charge in [-0.25, -0.2) is 0 Å². The van der Waals surface area contributed by atoms with Gasteiger partial charge in [-0.1, -0.05) is 12.1 Å². The highest BCUT2D eigenvalue weighted by atomic mass is 32.1. The van der Waals surface area contributed by atoms with Crippen LogP contribution >= 0.6 is 12.2 Å². The van der Waals surface area contributed by atoms with Crippen LogP contribution in [0.25, 0.3) is 5.69 Å². The Morgan fingerprint density at radius 1 is 0.917 bits per heavy atom. The number of hydrogen-bond acceptors (Lipinski definition) is 3. The third kappa shape index (κ3) is 4.37. The highest BCUT2D eigenvalue weighted by Crippen LogP contribution is 2.44. The number of anilines is 1. The first-order valence-corrected chi connectivity index (χ1v) is 12.8. The van der Waals surface area contributed by atoms with Gasteiger partial charge in [-0.05, 0) is 118 Å². The van der Waals surface area contributed by atoms with Crippen LogP contribution in [0.3, 0.4) is 0 Å². The Kier molecular flexibility index (Phi) is 6.54. The molecule has 0 bridgehead atoms. The molecule has 2 atom stereocenters. The summed E-state index contributed by atoms with van der Waals surface area (Å²) in [5.41, 5.74) is 9.30. The summed E-state index contributed by atoms with van der Waals surface area (Å²) in [5.74, 6) is 0.852. The van der Waals surface area contributed by atoms with Crippen LogP contribution in [0.1, 0.15) is 52.8 Å². The van der Waals surface area contributed by atoms with Gasteiger partial charge in [-0.2, -0.15) is 0 Å². The van der Waals surface area contributed by atoms with E-state index < -0.39 is 0 Å². The molecule has 5 rings (SSSR count). The monoisotopic (exact) mass is 496 g/mol. The van der Waals surface area contributed by atoms with Crippen molar-refractivity contribution >= 4 is 23.0 Å². The molecule has 1 N–H and O–H groups in total. The first kappa shape index (κ1) is 24.1. The molecule has 36 heavy (non-hydrogen) atoms. The number of hydrogen-bond donors (Lipinski definition) is 1. The molecule has 2 aromatic carbocycles. The lowest BCUT2D eigenvalue weighted by Gasteiger charge is -2.28. The summed E-state index contributed by atoms with van der Waals surface area (Å²) in [6, 6.07) is 23.1. The lowest BCUT2D eigenvalue weighted by atomic mass is 9.96. The minimum Gasteiger partial charge on any atom is -0.494 e. The summed E-state index contributed by atoms with van der Waals surface area (Å²) in [5, 5.41) is 4.27. The molecule has 1 aliphatic rings. The van der Waals surface area contributed by atoms with Gasteiger partial charge in [0.15, 0.2) is 5.11 Å². The number of pyridine rings is 1. The Bertz CT molecular complexity index is 1370. The van der Waals surface area contributed by atoms with E-state index >= 15 is 0 Å². The highest BCUT2D eigenvalue weighted by Gasteiger charge is 2.42. The predicted octanol–water partition coefficient (Wildman–Crippen LogP) is 6.68. The van der Waals surface area contributed by atoms with Gasteiger partial charge in [0.2, 0.25) is 0 Å². The van der Waals surface area contributed by atoms with Crippen LogP contribution in [0, 0.1) is 27.7 Å². The zero-order valence-corrected chi connectivity index (χ0v) is 22.3. The zero-order chi connectivity index (χ0) is 25.4. The third-order valence-electron chi connectivity index (χ3n) is 6.78. The van der Waals surface area contributed by atoms with Crippen LogP contribution in [0.2, 0.25) is 0 Å². The van der Waals surface area contributed by atoms with Gasteiger partial charge in [0.05, 0.1) is 24.4 Å². The molecule has 0 radical (unpaired) electrons. The highest BCUT2D eigenvalue weighted by molar-refractivity contribution is 7.80. The number of aryl methyl sites for hydroxylation is 3. The fourth-order valence-electron chi connectivity index (χ4n) is 5.38. The molecule has 0 unspecified atom stereocenters. The van der Waals surface area contributed by atoms with Crippen LogP contribution < -0.4 is 15.0 Å². The van der Waals surface area contributed by atoms with Gasteiger partial charge < -0.3 is 19.5 Å². The number of rotatable bonds is 6. The molecule has 0 saturated carbocycles. The van der Waals surface area contributed by atoms with Gasteiger partial charge >= 0.3 is 0 Å². The Morgan fingerprint density at radius 2 is 1.64 bits per heavy atom. The average Bonchev–Trinajstić information content (AvgIpc) is 3.35. The maximum Gasteiger partial charge on any atom is 0.174 e. The zero-order valence-electron chi connectivity index (χ0n) is 21.4. The number of benzene rings is 2. The van der Waals surface area contributed by atoms with E-state index in [1.54, 1.807) is 0 Å². The van der Waals surface area contributed by atoms with Crippen molar-refractivity contribution in [3.8, 4) is 11.4 Å².